The lowest BCUT2D eigenvalue weighted by Gasteiger charge is -1.92. The maximum Gasteiger partial charge on any atom is 0.219 e. The maximum atomic E-state index is 3.87. The summed E-state index contributed by atoms with van der Waals surface area (Å²) < 4.78 is 0. The summed E-state index contributed by atoms with van der Waals surface area (Å²) in [5.41, 5.74) is 0.829. The highest BCUT2D eigenvalue weighted by Crippen LogP contribution is 2.07. The van der Waals surface area contributed by atoms with Crippen LogP contribution >= 0.6 is 0 Å². The van der Waals surface area contributed by atoms with Crippen molar-refractivity contribution >= 4 is 0 Å². The monoisotopic (exact) mass is 161 g/mol. The molecule has 0 aliphatic rings. The van der Waals surface area contributed by atoms with Crippen molar-refractivity contribution in [2.45, 2.75) is 6.92 Å². The first kappa shape index (κ1) is 6.90. The van der Waals surface area contributed by atoms with Gasteiger partial charge >= 0.3 is 0 Å². The minimum absolute atomic E-state index is 0.519. The molecule has 0 radical (unpaired) electrons. The Hall–Kier alpha value is -1.78. The number of aromatic nitrogens is 5. The quantitative estimate of drug-likeness (QED) is 0.663. The minimum Gasteiger partial charge on any atom is -0.359 e. The van der Waals surface area contributed by atoms with E-state index >= 15 is 0 Å². The molecule has 12 heavy (non-hydrogen) atoms. The van der Waals surface area contributed by atoms with E-state index in [9.17, 15) is 0 Å². The van der Waals surface area contributed by atoms with Crippen LogP contribution in [0, 0.1) is 6.92 Å². The molecule has 1 N–H and O–H groups in total. The molecule has 0 aliphatic carbocycles. The average Bonchev–Trinajstić information content (AvgIpc) is 2.58. The third-order valence-corrected chi connectivity index (χ3v) is 1.42. The van der Waals surface area contributed by atoms with Gasteiger partial charge in [0.05, 0.1) is 5.69 Å². The standard InChI is InChI=1S/C7H7N5/c1-5-9-11-7(12-10-5)6-3-2-4-8-6/h2-4,8H,1H3. The van der Waals surface area contributed by atoms with Crippen LogP contribution in [0.2, 0.25) is 0 Å². The highest BCUT2D eigenvalue weighted by atomic mass is 15.3. The summed E-state index contributed by atoms with van der Waals surface area (Å²) in [6.45, 7) is 1.75. The van der Waals surface area contributed by atoms with Crippen molar-refractivity contribution in [1.29, 1.82) is 0 Å². The summed E-state index contributed by atoms with van der Waals surface area (Å²) >= 11 is 0. The Bertz CT molecular complexity index is 350. The summed E-state index contributed by atoms with van der Waals surface area (Å²) in [5, 5.41) is 15.3. The number of nitrogens with one attached hydrogen (secondary N) is 1. The zero-order valence-electron chi connectivity index (χ0n) is 6.52. The highest BCUT2D eigenvalue weighted by molar-refractivity contribution is 5.46. The number of hydrogen-bond acceptors (Lipinski definition) is 4. The predicted octanol–water partition coefficient (Wildman–Crippen LogP) is 0.570. The van der Waals surface area contributed by atoms with Crippen molar-refractivity contribution in [3.8, 4) is 11.5 Å². The smallest absolute Gasteiger partial charge is 0.219 e. The topological polar surface area (TPSA) is 67.3 Å². The SMILES string of the molecule is Cc1nnc(-c2ccc[nH]2)nn1. The minimum atomic E-state index is 0.519. The predicted molar refractivity (Wildman–Crippen MR) is 42.1 cm³/mol. The van der Waals surface area contributed by atoms with Gasteiger partial charge in [-0.25, -0.2) is 0 Å². The van der Waals surface area contributed by atoms with Crippen molar-refractivity contribution in [3.63, 3.8) is 0 Å². The second kappa shape index (κ2) is 2.69. The Kier molecular flexibility index (Phi) is 1.55. The normalized spacial score (nSPS) is 10.1. The van der Waals surface area contributed by atoms with E-state index in [2.05, 4.69) is 25.4 Å². The largest absolute Gasteiger partial charge is 0.359 e. The third kappa shape index (κ3) is 1.16. The molecule has 60 valence electrons. The summed E-state index contributed by atoms with van der Waals surface area (Å²) in [7, 11) is 0. The van der Waals surface area contributed by atoms with E-state index < -0.39 is 0 Å². The van der Waals surface area contributed by atoms with Crippen LogP contribution < -0.4 is 0 Å². The van der Waals surface area contributed by atoms with Crippen LogP contribution in [-0.4, -0.2) is 25.4 Å². The first-order valence-corrected chi connectivity index (χ1v) is 3.54. The molecular formula is C7H7N5. The Labute approximate surface area is 68.9 Å². The molecular weight excluding hydrogens is 154 g/mol. The van der Waals surface area contributed by atoms with Gasteiger partial charge in [0, 0.05) is 6.20 Å². The van der Waals surface area contributed by atoms with E-state index in [1.807, 2.05) is 12.1 Å². The zero-order valence-corrected chi connectivity index (χ0v) is 6.52. The summed E-state index contributed by atoms with van der Waals surface area (Å²) in [6.07, 6.45) is 1.80. The van der Waals surface area contributed by atoms with E-state index in [0.717, 1.165) is 5.69 Å². The first-order chi connectivity index (χ1) is 5.86. The van der Waals surface area contributed by atoms with Crippen LogP contribution in [0.1, 0.15) is 5.82 Å². The second-order valence-electron chi connectivity index (χ2n) is 2.35. The molecule has 0 amide bonds. The molecule has 0 unspecified atom stereocenters. The number of hydrogen-bond donors (Lipinski definition) is 1. The highest BCUT2D eigenvalue weighted by Gasteiger charge is 2.01. The first-order valence-electron chi connectivity index (χ1n) is 3.54. The van der Waals surface area contributed by atoms with E-state index in [4.69, 9.17) is 0 Å². The van der Waals surface area contributed by atoms with Gasteiger partial charge < -0.3 is 4.98 Å². The van der Waals surface area contributed by atoms with Gasteiger partial charge in [-0.05, 0) is 19.1 Å². The number of rotatable bonds is 1. The summed E-state index contributed by atoms with van der Waals surface area (Å²) in [4.78, 5) is 2.97. The fourth-order valence-electron chi connectivity index (χ4n) is 0.857. The van der Waals surface area contributed by atoms with Crippen molar-refractivity contribution in [2.24, 2.45) is 0 Å². The van der Waals surface area contributed by atoms with Crippen molar-refractivity contribution in [2.75, 3.05) is 0 Å². The molecule has 2 aromatic heterocycles. The lowest BCUT2D eigenvalue weighted by molar-refractivity contribution is 0.813. The van der Waals surface area contributed by atoms with E-state index in [1.54, 1.807) is 13.1 Å². The van der Waals surface area contributed by atoms with Crippen LogP contribution in [0.15, 0.2) is 18.3 Å². The van der Waals surface area contributed by atoms with Crippen LogP contribution in [0.4, 0.5) is 0 Å². The van der Waals surface area contributed by atoms with Gasteiger partial charge in [-0.3, -0.25) is 0 Å². The zero-order chi connectivity index (χ0) is 8.39. The molecule has 0 saturated heterocycles. The summed E-state index contributed by atoms with van der Waals surface area (Å²) in [5.74, 6) is 1.09. The fourth-order valence-corrected chi connectivity index (χ4v) is 0.857. The molecule has 0 atom stereocenters. The van der Waals surface area contributed by atoms with Crippen molar-refractivity contribution in [3.05, 3.63) is 24.2 Å². The van der Waals surface area contributed by atoms with Gasteiger partial charge in [0.2, 0.25) is 5.82 Å². The van der Waals surface area contributed by atoms with E-state index in [1.165, 1.54) is 0 Å². The molecule has 0 fully saturated rings. The molecule has 0 spiro atoms. The summed E-state index contributed by atoms with van der Waals surface area (Å²) in [6, 6.07) is 3.74. The third-order valence-electron chi connectivity index (χ3n) is 1.42. The van der Waals surface area contributed by atoms with Crippen LogP contribution in [-0.2, 0) is 0 Å². The molecule has 5 nitrogen and oxygen atoms in total. The Balaban J connectivity index is 2.43. The molecule has 0 aliphatic heterocycles. The average molecular weight is 161 g/mol. The van der Waals surface area contributed by atoms with Crippen LogP contribution in [0.25, 0.3) is 11.5 Å². The second-order valence-corrected chi connectivity index (χ2v) is 2.35. The van der Waals surface area contributed by atoms with Crippen molar-refractivity contribution in [1.82, 2.24) is 25.4 Å². The van der Waals surface area contributed by atoms with Gasteiger partial charge in [-0.2, -0.15) is 0 Å². The lowest BCUT2D eigenvalue weighted by Crippen LogP contribution is -1.98. The molecule has 5 heteroatoms. The van der Waals surface area contributed by atoms with Gasteiger partial charge in [0.25, 0.3) is 0 Å². The Morgan fingerprint density at radius 3 is 2.50 bits per heavy atom. The number of nitrogens with zero attached hydrogens (tertiary/aromatic N) is 4. The van der Waals surface area contributed by atoms with Gasteiger partial charge in [-0.1, -0.05) is 0 Å². The maximum absolute atomic E-state index is 3.87. The van der Waals surface area contributed by atoms with E-state index in [-0.39, 0.29) is 0 Å². The molecule has 0 saturated carbocycles. The number of aromatic amines is 1. The molecule has 0 bridgehead atoms. The van der Waals surface area contributed by atoms with Crippen molar-refractivity contribution < 1.29 is 0 Å². The number of aryl methyl sites for hydroxylation is 1. The van der Waals surface area contributed by atoms with Crippen LogP contribution in [0.5, 0.6) is 0 Å². The Morgan fingerprint density at radius 1 is 1.17 bits per heavy atom. The van der Waals surface area contributed by atoms with E-state index in [0.29, 0.717) is 11.6 Å². The van der Waals surface area contributed by atoms with Gasteiger partial charge in [0.1, 0.15) is 0 Å². The van der Waals surface area contributed by atoms with Gasteiger partial charge in [0.15, 0.2) is 5.82 Å². The fraction of sp³-hybridized carbons (Fsp3) is 0.143. The Morgan fingerprint density at radius 2 is 1.92 bits per heavy atom. The molecule has 2 aromatic rings. The van der Waals surface area contributed by atoms with Gasteiger partial charge in [-0.15, -0.1) is 20.4 Å². The molecule has 2 rings (SSSR count). The molecule has 0 aromatic carbocycles. The number of H-pyrrole nitrogens is 1. The lowest BCUT2D eigenvalue weighted by atomic mass is 10.4. The van der Waals surface area contributed by atoms with Crippen LogP contribution in [0.3, 0.4) is 0 Å². The molecule has 2 heterocycles.